The van der Waals surface area contributed by atoms with Crippen molar-refractivity contribution in [1.29, 1.82) is 0 Å². The van der Waals surface area contributed by atoms with E-state index < -0.39 is 27.1 Å². The summed E-state index contributed by atoms with van der Waals surface area (Å²) in [5.74, 6) is 1.47. The number of hydrogen-bond donors (Lipinski definition) is 3. The predicted octanol–water partition coefficient (Wildman–Crippen LogP) is 4.59. The Labute approximate surface area is 251 Å². The third-order valence-electron chi connectivity index (χ3n) is 8.03. The fourth-order valence-electron chi connectivity index (χ4n) is 5.49. The molecule has 12 nitrogen and oxygen atoms in total. The molecule has 0 aliphatic heterocycles. The van der Waals surface area contributed by atoms with Crippen LogP contribution in [0, 0.1) is 5.92 Å². The van der Waals surface area contributed by atoms with Crippen LogP contribution in [0.5, 0.6) is 0 Å². The molecule has 0 amide bonds. The van der Waals surface area contributed by atoms with E-state index in [-0.39, 0.29) is 24.2 Å². The van der Waals surface area contributed by atoms with Crippen LogP contribution in [0.15, 0.2) is 43.0 Å². The second kappa shape index (κ2) is 11.8. The highest BCUT2D eigenvalue weighted by atomic mass is 32.2. The molecule has 16 heteroatoms. The van der Waals surface area contributed by atoms with Gasteiger partial charge in [0, 0.05) is 49.4 Å². The lowest BCUT2D eigenvalue weighted by Gasteiger charge is -2.30. The number of nitrogens with one attached hydrogen (secondary N) is 2. The minimum atomic E-state index is -4.56. The average molecular weight is 632 g/mol. The standard InChI is InChI=1S/C28H32F3N9O3S/c1-39-24(28(29,30)31)12-23(38-39)21-15-33-26(13-22(21)35-19-4-2-17(3-5-19)9-11-41)36-25-8-10-32-27(37-25)18-14-34-40(16-18)44(42,43)20-6-7-20/h8,10,12-17,19-20,41H,2-7,9,11H2,1H3,(H2,32,33,35,36,37). The van der Waals surface area contributed by atoms with E-state index >= 15 is 0 Å². The normalized spacial score (nSPS) is 19.2. The smallest absolute Gasteiger partial charge is 0.396 e. The molecule has 4 aromatic rings. The molecule has 0 spiro atoms. The molecule has 0 radical (unpaired) electrons. The molecule has 6 rings (SSSR count). The number of aliphatic hydroxyl groups excluding tert-OH is 1. The highest BCUT2D eigenvalue weighted by Gasteiger charge is 2.38. The lowest BCUT2D eigenvalue weighted by Crippen LogP contribution is -2.26. The molecule has 2 aliphatic rings. The first-order valence-corrected chi connectivity index (χ1v) is 15.9. The second-order valence-electron chi connectivity index (χ2n) is 11.3. The molecule has 44 heavy (non-hydrogen) atoms. The van der Waals surface area contributed by atoms with Crippen LogP contribution < -0.4 is 10.6 Å². The molecule has 0 unspecified atom stereocenters. The van der Waals surface area contributed by atoms with Crippen LogP contribution in [0.1, 0.15) is 50.6 Å². The zero-order valence-electron chi connectivity index (χ0n) is 23.9. The summed E-state index contributed by atoms with van der Waals surface area (Å²) in [5, 5.41) is 23.6. The lowest BCUT2D eigenvalue weighted by molar-refractivity contribution is -0.143. The van der Waals surface area contributed by atoms with Gasteiger partial charge in [0.2, 0.25) is 0 Å². The Morgan fingerprint density at radius 1 is 1.05 bits per heavy atom. The first-order valence-electron chi connectivity index (χ1n) is 14.4. The SMILES string of the molecule is Cn1nc(-c2cnc(Nc3ccnc(-c4cnn(S(=O)(=O)C5CC5)c4)n3)cc2NC2CCC(CCO)CC2)cc1C(F)(F)F. The molecule has 2 fully saturated rings. The van der Waals surface area contributed by atoms with E-state index in [1.165, 1.54) is 31.8 Å². The van der Waals surface area contributed by atoms with Crippen LogP contribution in [-0.2, 0) is 23.2 Å². The molecule has 4 heterocycles. The Hall–Kier alpha value is -4.05. The molecule has 0 atom stereocenters. The molecule has 4 aromatic heterocycles. The van der Waals surface area contributed by atoms with Gasteiger partial charge in [0.15, 0.2) is 5.82 Å². The summed E-state index contributed by atoms with van der Waals surface area (Å²) in [4.78, 5) is 13.2. The molecule has 0 bridgehead atoms. The molecule has 3 N–H and O–H groups in total. The summed E-state index contributed by atoms with van der Waals surface area (Å²) < 4.78 is 67.5. The maximum absolute atomic E-state index is 13.5. The predicted molar refractivity (Wildman–Crippen MR) is 156 cm³/mol. The zero-order chi connectivity index (χ0) is 31.1. The summed E-state index contributed by atoms with van der Waals surface area (Å²) in [6.45, 7) is 0.153. The summed E-state index contributed by atoms with van der Waals surface area (Å²) in [6, 6.07) is 4.42. The fourth-order valence-corrected chi connectivity index (χ4v) is 6.96. The molecular weight excluding hydrogens is 599 g/mol. The molecular formula is C28H32F3N9O3S. The minimum absolute atomic E-state index is 0.0823. The fraction of sp³-hybridized carbons (Fsp3) is 0.464. The van der Waals surface area contributed by atoms with Crippen LogP contribution in [0.25, 0.3) is 22.6 Å². The monoisotopic (exact) mass is 631 g/mol. The van der Waals surface area contributed by atoms with Crippen molar-refractivity contribution in [3.8, 4) is 22.6 Å². The van der Waals surface area contributed by atoms with Crippen molar-refractivity contribution in [2.24, 2.45) is 13.0 Å². The number of aromatic nitrogens is 7. The van der Waals surface area contributed by atoms with Gasteiger partial charge in [-0.3, -0.25) is 4.68 Å². The van der Waals surface area contributed by atoms with Gasteiger partial charge < -0.3 is 15.7 Å². The summed E-state index contributed by atoms with van der Waals surface area (Å²) in [7, 11) is -2.28. The zero-order valence-corrected chi connectivity index (χ0v) is 24.7. The second-order valence-corrected chi connectivity index (χ2v) is 13.3. The van der Waals surface area contributed by atoms with Crippen molar-refractivity contribution in [3.05, 3.63) is 48.7 Å². The Morgan fingerprint density at radius 3 is 2.50 bits per heavy atom. The van der Waals surface area contributed by atoms with Gasteiger partial charge in [0.25, 0.3) is 10.0 Å². The van der Waals surface area contributed by atoms with Crippen molar-refractivity contribution >= 4 is 27.3 Å². The van der Waals surface area contributed by atoms with Crippen LogP contribution >= 0.6 is 0 Å². The number of aliphatic hydroxyl groups is 1. The molecule has 2 saturated carbocycles. The number of nitrogens with zero attached hydrogens (tertiary/aromatic N) is 7. The van der Waals surface area contributed by atoms with Gasteiger partial charge in [-0.2, -0.15) is 27.5 Å². The Bertz CT molecular complexity index is 1740. The number of anilines is 3. The van der Waals surface area contributed by atoms with Gasteiger partial charge >= 0.3 is 6.18 Å². The molecule has 0 aromatic carbocycles. The number of aryl methyl sites for hydroxylation is 1. The van der Waals surface area contributed by atoms with Gasteiger partial charge in [0.05, 0.1) is 28.9 Å². The molecule has 2 aliphatic carbocycles. The largest absolute Gasteiger partial charge is 0.433 e. The van der Waals surface area contributed by atoms with Crippen LogP contribution in [0.4, 0.5) is 30.5 Å². The summed E-state index contributed by atoms with van der Waals surface area (Å²) in [5.41, 5.74) is 0.688. The van der Waals surface area contributed by atoms with Crippen molar-refractivity contribution < 1.29 is 26.7 Å². The average Bonchev–Trinajstić information content (AvgIpc) is 3.59. The number of halogens is 3. The maximum Gasteiger partial charge on any atom is 0.433 e. The quantitative estimate of drug-likeness (QED) is 0.227. The lowest BCUT2D eigenvalue weighted by atomic mass is 9.84. The van der Waals surface area contributed by atoms with E-state index in [4.69, 9.17) is 0 Å². The van der Waals surface area contributed by atoms with E-state index in [0.717, 1.165) is 46.9 Å². The van der Waals surface area contributed by atoms with Gasteiger partial charge in [-0.1, -0.05) is 0 Å². The first kappa shape index (κ1) is 30.0. The molecule has 234 valence electrons. The Balaban J connectivity index is 1.27. The minimum Gasteiger partial charge on any atom is -0.396 e. The van der Waals surface area contributed by atoms with Crippen molar-refractivity contribution in [1.82, 2.24) is 33.9 Å². The van der Waals surface area contributed by atoms with E-state index in [0.29, 0.717) is 47.2 Å². The Kier molecular flexibility index (Phi) is 8.04. The first-order chi connectivity index (χ1) is 21.0. The third-order valence-corrected chi connectivity index (χ3v) is 10.1. The van der Waals surface area contributed by atoms with E-state index in [1.54, 1.807) is 12.1 Å². The van der Waals surface area contributed by atoms with Crippen molar-refractivity contribution in [3.63, 3.8) is 0 Å². The van der Waals surface area contributed by atoms with Crippen LogP contribution in [0.2, 0.25) is 0 Å². The highest BCUT2D eigenvalue weighted by Crippen LogP contribution is 2.37. The third kappa shape index (κ3) is 6.40. The van der Waals surface area contributed by atoms with E-state index in [2.05, 4.69) is 35.8 Å². The number of rotatable bonds is 10. The van der Waals surface area contributed by atoms with E-state index in [9.17, 15) is 26.7 Å². The summed E-state index contributed by atoms with van der Waals surface area (Å²) in [6.07, 6.45) is 6.78. The van der Waals surface area contributed by atoms with Crippen molar-refractivity contribution in [2.45, 2.75) is 62.4 Å². The van der Waals surface area contributed by atoms with Crippen LogP contribution in [0.3, 0.4) is 0 Å². The van der Waals surface area contributed by atoms with Gasteiger partial charge in [0.1, 0.15) is 17.3 Å². The highest BCUT2D eigenvalue weighted by molar-refractivity contribution is 7.90. The van der Waals surface area contributed by atoms with E-state index in [1.807, 2.05) is 0 Å². The van der Waals surface area contributed by atoms with Gasteiger partial charge in [-0.05, 0) is 63.0 Å². The topological polar surface area (TPSA) is 153 Å². The summed E-state index contributed by atoms with van der Waals surface area (Å²) >= 11 is 0. The number of alkyl halides is 3. The Morgan fingerprint density at radius 2 is 1.82 bits per heavy atom. The van der Waals surface area contributed by atoms with Gasteiger partial charge in [-0.15, -0.1) is 0 Å². The van der Waals surface area contributed by atoms with Gasteiger partial charge in [-0.25, -0.2) is 23.4 Å². The van der Waals surface area contributed by atoms with Crippen molar-refractivity contribution in [2.75, 3.05) is 17.2 Å². The van der Waals surface area contributed by atoms with Crippen LogP contribution in [-0.4, -0.2) is 65.3 Å². The molecule has 0 saturated heterocycles. The maximum atomic E-state index is 13.5. The number of hydrogen-bond acceptors (Lipinski definition) is 10. The number of pyridine rings is 1.